The van der Waals surface area contributed by atoms with Gasteiger partial charge < -0.3 is 9.80 Å². The Morgan fingerprint density at radius 3 is 1.85 bits per heavy atom. The summed E-state index contributed by atoms with van der Waals surface area (Å²) in [6.45, 7) is 7.75. The van der Waals surface area contributed by atoms with E-state index in [1.807, 2.05) is 4.90 Å². The molecule has 2 heteroatoms. The van der Waals surface area contributed by atoms with E-state index in [-0.39, 0.29) is 0 Å². The number of benzene rings is 2. The van der Waals surface area contributed by atoms with Crippen molar-refractivity contribution < 1.29 is 9.80 Å². The van der Waals surface area contributed by atoms with E-state index < -0.39 is 0 Å². The van der Waals surface area contributed by atoms with Crippen LogP contribution in [0.1, 0.15) is 62.1 Å². The summed E-state index contributed by atoms with van der Waals surface area (Å²) in [4.78, 5) is 3.69. The molecule has 0 radical (unpaired) electrons. The lowest BCUT2D eigenvalue weighted by atomic mass is 9.86. The van der Waals surface area contributed by atoms with Gasteiger partial charge in [0.05, 0.1) is 6.04 Å². The highest BCUT2D eigenvalue weighted by molar-refractivity contribution is 5.26. The van der Waals surface area contributed by atoms with Crippen molar-refractivity contribution in [2.24, 2.45) is 0 Å². The van der Waals surface area contributed by atoms with Gasteiger partial charge >= 0.3 is 0 Å². The standard InChI is InChI=1S/C25H34N2/c1-21(22-11-5-2-6-12-22)25(23-13-7-3-8-14-23)27-19-17-26(18-20-27)24-15-9-4-10-16-24/h2-3,5-8,11-14,21,24-25H,4,9-10,15-20H2,1H3/p+2/t21-,25+/m1/s1. The van der Waals surface area contributed by atoms with E-state index >= 15 is 0 Å². The van der Waals surface area contributed by atoms with Crippen molar-refractivity contribution in [1.82, 2.24) is 0 Å². The number of piperazine rings is 1. The Balaban J connectivity index is 1.50. The first kappa shape index (κ1) is 18.7. The number of rotatable bonds is 5. The van der Waals surface area contributed by atoms with Crippen molar-refractivity contribution in [3.63, 3.8) is 0 Å². The van der Waals surface area contributed by atoms with Gasteiger partial charge in [-0.1, -0.05) is 74.0 Å². The summed E-state index contributed by atoms with van der Waals surface area (Å²) in [7, 11) is 0. The lowest BCUT2D eigenvalue weighted by Crippen LogP contribution is -3.29. The number of quaternary nitrogens is 2. The Kier molecular flexibility index (Phi) is 6.26. The molecule has 1 saturated heterocycles. The molecular formula is C25H36N2+2. The largest absolute Gasteiger partial charge is 0.323 e. The Morgan fingerprint density at radius 1 is 0.704 bits per heavy atom. The SMILES string of the molecule is C[C@H](c1ccccc1)[C@@H](c1ccccc1)[NH+]1CC[NH+](C2CCCCC2)CC1. The van der Waals surface area contributed by atoms with Gasteiger partial charge in [-0.3, -0.25) is 0 Å². The monoisotopic (exact) mass is 364 g/mol. The first-order chi connectivity index (χ1) is 13.3. The summed E-state index contributed by atoms with van der Waals surface area (Å²) in [5.41, 5.74) is 2.98. The molecule has 2 atom stereocenters. The van der Waals surface area contributed by atoms with Crippen LogP contribution in [0, 0.1) is 0 Å². The van der Waals surface area contributed by atoms with Crippen molar-refractivity contribution in [2.75, 3.05) is 26.2 Å². The lowest BCUT2D eigenvalue weighted by Gasteiger charge is -2.40. The van der Waals surface area contributed by atoms with E-state index in [9.17, 15) is 0 Å². The predicted molar refractivity (Wildman–Crippen MR) is 112 cm³/mol. The summed E-state index contributed by atoms with van der Waals surface area (Å²) in [5.74, 6) is 0.542. The van der Waals surface area contributed by atoms with Crippen LogP contribution >= 0.6 is 0 Å². The maximum Gasteiger partial charge on any atom is 0.128 e. The van der Waals surface area contributed by atoms with Gasteiger partial charge in [-0.2, -0.15) is 0 Å². The summed E-state index contributed by atoms with van der Waals surface area (Å²) in [6, 6.07) is 23.9. The van der Waals surface area contributed by atoms with Gasteiger partial charge in [0.1, 0.15) is 32.2 Å². The van der Waals surface area contributed by atoms with Crippen LogP contribution in [0.25, 0.3) is 0 Å². The molecular weight excluding hydrogens is 328 g/mol. The molecule has 0 unspecified atom stereocenters. The number of hydrogen-bond donors (Lipinski definition) is 2. The average Bonchev–Trinajstić information content (AvgIpc) is 2.76. The zero-order chi connectivity index (χ0) is 18.5. The van der Waals surface area contributed by atoms with Crippen molar-refractivity contribution in [3.8, 4) is 0 Å². The fourth-order valence-electron chi connectivity index (χ4n) is 5.61. The Hall–Kier alpha value is -1.64. The highest BCUT2D eigenvalue weighted by Gasteiger charge is 2.37. The summed E-state index contributed by atoms with van der Waals surface area (Å²) in [5, 5.41) is 0. The molecule has 0 spiro atoms. The van der Waals surface area contributed by atoms with Gasteiger partial charge in [0.2, 0.25) is 0 Å². The van der Waals surface area contributed by atoms with Gasteiger partial charge in [-0.05, 0) is 31.2 Å². The van der Waals surface area contributed by atoms with E-state index in [2.05, 4.69) is 67.6 Å². The molecule has 0 aromatic heterocycles. The topological polar surface area (TPSA) is 8.88 Å². The van der Waals surface area contributed by atoms with Gasteiger partial charge in [0.25, 0.3) is 0 Å². The summed E-state index contributed by atoms with van der Waals surface area (Å²) in [6.07, 6.45) is 7.32. The fourth-order valence-corrected chi connectivity index (χ4v) is 5.61. The molecule has 2 aromatic rings. The second-order valence-corrected chi connectivity index (χ2v) is 8.74. The molecule has 0 amide bonds. The van der Waals surface area contributed by atoms with E-state index in [1.54, 1.807) is 4.90 Å². The molecule has 2 aromatic carbocycles. The van der Waals surface area contributed by atoms with E-state index in [0.717, 1.165) is 6.04 Å². The molecule has 4 rings (SSSR count). The second kappa shape index (κ2) is 9.03. The quantitative estimate of drug-likeness (QED) is 0.807. The second-order valence-electron chi connectivity index (χ2n) is 8.74. The van der Waals surface area contributed by atoms with Crippen LogP contribution in [0.5, 0.6) is 0 Å². The Morgan fingerprint density at radius 2 is 1.26 bits per heavy atom. The maximum absolute atomic E-state index is 2.43. The fraction of sp³-hybridized carbons (Fsp3) is 0.520. The zero-order valence-electron chi connectivity index (χ0n) is 16.9. The Bertz CT molecular complexity index is 670. The van der Waals surface area contributed by atoms with Crippen LogP contribution in [-0.2, 0) is 0 Å². The van der Waals surface area contributed by atoms with Crippen molar-refractivity contribution in [2.45, 2.75) is 57.0 Å². The van der Waals surface area contributed by atoms with Gasteiger partial charge in [0, 0.05) is 11.5 Å². The van der Waals surface area contributed by atoms with Gasteiger partial charge in [0.15, 0.2) is 0 Å². The highest BCUT2D eigenvalue weighted by atomic mass is 15.3. The third-order valence-electron chi connectivity index (χ3n) is 7.14. The third-order valence-corrected chi connectivity index (χ3v) is 7.14. The van der Waals surface area contributed by atoms with Gasteiger partial charge in [-0.25, -0.2) is 0 Å². The molecule has 144 valence electrons. The number of hydrogen-bond acceptors (Lipinski definition) is 0. The molecule has 1 heterocycles. The molecule has 2 aliphatic rings. The summed E-state index contributed by atoms with van der Waals surface area (Å²) >= 11 is 0. The van der Waals surface area contributed by atoms with E-state index in [4.69, 9.17) is 0 Å². The van der Waals surface area contributed by atoms with E-state index in [1.165, 1.54) is 69.4 Å². The van der Waals surface area contributed by atoms with Crippen LogP contribution < -0.4 is 9.80 Å². The minimum atomic E-state index is 0.542. The zero-order valence-corrected chi connectivity index (χ0v) is 16.9. The molecule has 2 fully saturated rings. The van der Waals surface area contributed by atoms with Crippen LogP contribution in [0.4, 0.5) is 0 Å². The normalized spacial score (nSPS) is 26.4. The van der Waals surface area contributed by atoms with Crippen LogP contribution in [0.2, 0.25) is 0 Å². The average molecular weight is 365 g/mol. The third kappa shape index (κ3) is 4.44. The molecule has 2 nitrogen and oxygen atoms in total. The lowest BCUT2D eigenvalue weighted by molar-refractivity contribution is -1.04. The molecule has 1 aliphatic carbocycles. The molecule has 1 aliphatic heterocycles. The minimum absolute atomic E-state index is 0.542. The Labute approximate surface area is 165 Å². The summed E-state index contributed by atoms with van der Waals surface area (Å²) < 4.78 is 0. The predicted octanol–water partition coefficient (Wildman–Crippen LogP) is 2.65. The first-order valence-electron chi connectivity index (χ1n) is 11.1. The molecule has 27 heavy (non-hydrogen) atoms. The maximum atomic E-state index is 2.43. The van der Waals surface area contributed by atoms with Crippen molar-refractivity contribution in [1.29, 1.82) is 0 Å². The van der Waals surface area contributed by atoms with E-state index in [0.29, 0.717) is 12.0 Å². The van der Waals surface area contributed by atoms with Gasteiger partial charge in [-0.15, -0.1) is 0 Å². The molecule has 2 N–H and O–H groups in total. The van der Waals surface area contributed by atoms with Crippen LogP contribution in [0.15, 0.2) is 60.7 Å². The van der Waals surface area contributed by atoms with Crippen LogP contribution in [0.3, 0.4) is 0 Å². The van der Waals surface area contributed by atoms with Crippen LogP contribution in [-0.4, -0.2) is 32.2 Å². The highest BCUT2D eigenvalue weighted by Crippen LogP contribution is 2.28. The minimum Gasteiger partial charge on any atom is -0.323 e. The van der Waals surface area contributed by atoms with Crippen molar-refractivity contribution >= 4 is 0 Å². The molecule has 0 bridgehead atoms. The smallest absolute Gasteiger partial charge is 0.128 e. The van der Waals surface area contributed by atoms with Crippen molar-refractivity contribution in [3.05, 3.63) is 71.8 Å². The first-order valence-corrected chi connectivity index (χ1v) is 11.1. The molecule has 1 saturated carbocycles. The number of nitrogens with one attached hydrogen (secondary N) is 2.